The van der Waals surface area contributed by atoms with Crippen LogP contribution in [0.3, 0.4) is 0 Å². The van der Waals surface area contributed by atoms with Crippen molar-refractivity contribution in [2.45, 2.75) is 10.8 Å². The molecule has 0 aromatic carbocycles. The van der Waals surface area contributed by atoms with Gasteiger partial charge in [-0.25, -0.2) is 14.8 Å². The molecule has 0 amide bonds. The number of aliphatic carboxylic acids is 1. The molecule has 0 saturated carbocycles. The molecule has 2 aromatic rings. The Morgan fingerprint density at radius 2 is 2.44 bits per heavy atom. The van der Waals surface area contributed by atoms with Gasteiger partial charge in [-0.15, -0.1) is 23.1 Å². The van der Waals surface area contributed by atoms with E-state index >= 15 is 0 Å². The molecule has 1 N–H and O–H groups in total. The summed E-state index contributed by atoms with van der Waals surface area (Å²) >= 11 is 3.24. The summed E-state index contributed by atoms with van der Waals surface area (Å²) in [5.41, 5.74) is 0.917. The number of rotatable bonds is 5. The van der Waals surface area contributed by atoms with Crippen molar-refractivity contribution < 1.29 is 9.90 Å². The molecule has 0 radical (unpaired) electrons. The number of thiophene rings is 1. The largest absolute Gasteiger partial charge is 0.478 e. The summed E-state index contributed by atoms with van der Waals surface area (Å²) in [4.78, 5) is 19.6. The van der Waals surface area contributed by atoms with Gasteiger partial charge in [0.1, 0.15) is 6.33 Å². The molecule has 18 heavy (non-hydrogen) atoms. The number of aromatic nitrogens is 2. The highest BCUT2D eigenvalue weighted by Crippen LogP contribution is 2.25. The van der Waals surface area contributed by atoms with Crippen molar-refractivity contribution in [1.29, 1.82) is 0 Å². The zero-order valence-electron chi connectivity index (χ0n) is 9.31. The molecule has 0 saturated heterocycles. The Kier molecular flexibility index (Phi) is 4.49. The zero-order chi connectivity index (χ0) is 12.8. The third kappa shape index (κ3) is 3.97. The van der Waals surface area contributed by atoms with Gasteiger partial charge < -0.3 is 5.11 Å². The monoisotopic (exact) mass is 278 g/mol. The van der Waals surface area contributed by atoms with Crippen LogP contribution in [0.25, 0.3) is 6.08 Å². The van der Waals surface area contributed by atoms with E-state index < -0.39 is 5.97 Å². The molecule has 0 aliphatic rings. The maximum Gasteiger partial charge on any atom is 0.328 e. The molecule has 0 unspecified atom stereocenters. The summed E-state index contributed by atoms with van der Waals surface area (Å²) < 4.78 is 0. The molecule has 92 valence electrons. The van der Waals surface area contributed by atoms with Gasteiger partial charge in [0.05, 0.1) is 5.03 Å². The number of hydrogen-bond donors (Lipinski definition) is 1. The topological polar surface area (TPSA) is 63.1 Å². The average molecular weight is 278 g/mol. The van der Waals surface area contributed by atoms with Crippen LogP contribution in [0.1, 0.15) is 10.4 Å². The van der Waals surface area contributed by atoms with Gasteiger partial charge in [-0.05, 0) is 29.2 Å². The summed E-state index contributed by atoms with van der Waals surface area (Å²) in [6.07, 6.45) is 5.98. The van der Waals surface area contributed by atoms with Gasteiger partial charge in [0.2, 0.25) is 0 Å². The highest BCUT2D eigenvalue weighted by Gasteiger charge is 2.00. The summed E-state index contributed by atoms with van der Waals surface area (Å²) in [5, 5.41) is 11.4. The first-order valence-corrected chi connectivity index (χ1v) is 6.98. The summed E-state index contributed by atoms with van der Waals surface area (Å²) in [5.74, 6) is -0.110. The highest BCUT2D eigenvalue weighted by molar-refractivity contribution is 7.98. The van der Waals surface area contributed by atoms with Crippen LogP contribution in [-0.2, 0) is 10.5 Å². The van der Waals surface area contributed by atoms with Crippen LogP contribution in [0.4, 0.5) is 0 Å². The fourth-order valence-electron chi connectivity index (χ4n) is 1.24. The lowest BCUT2D eigenvalue weighted by molar-refractivity contribution is -0.131. The summed E-state index contributed by atoms with van der Waals surface area (Å²) in [6, 6.07) is 3.85. The van der Waals surface area contributed by atoms with Gasteiger partial charge in [0, 0.05) is 22.9 Å². The van der Waals surface area contributed by atoms with Crippen LogP contribution >= 0.6 is 23.1 Å². The predicted octanol–water partition coefficient (Wildman–Crippen LogP) is 2.93. The van der Waals surface area contributed by atoms with Gasteiger partial charge in [-0.2, -0.15) is 0 Å². The molecule has 0 bridgehead atoms. The molecule has 0 aliphatic heterocycles. The van der Waals surface area contributed by atoms with E-state index in [0.717, 1.165) is 22.4 Å². The molecule has 2 rings (SSSR count). The van der Waals surface area contributed by atoms with Crippen molar-refractivity contribution in [1.82, 2.24) is 9.97 Å². The maximum atomic E-state index is 10.4. The third-order valence-corrected chi connectivity index (χ3v) is 4.14. The number of nitrogens with zero attached hydrogens (tertiary/aromatic N) is 2. The third-order valence-electron chi connectivity index (χ3n) is 2.01. The van der Waals surface area contributed by atoms with Gasteiger partial charge in [0.15, 0.2) is 0 Å². The van der Waals surface area contributed by atoms with Crippen molar-refractivity contribution in [3.63, 3.8) is 0 Å². The number of thioether (sulfide) groups is 1. The number of carboxylic acids is 1. The minimum atomic E-state index is -0.932. The van der Waals surface area contributed by atoms with Gasteiger partial charge in [-0.1, -0.05) is 0 Å². The second-order valence-corrected chi connectivity index (χ2v) is 5.35. The van der Waals surface area contributed by atoms with E-state index in [-0.39, 0.29) is 0 Å². The summed E-state index contributed by atoms with van der Waals surface area (Å²) in [7, 11) is 0. The zero-order valence-corrected chi connectivity index (χ0v) is 10.9. The van der Waals surface area contributed by atoms with Gasteiger partial charge in [-0.3, -0.25) is 0 Å². The van der Waals surface area contributed by atoms with Gasteiger partial charge in [0.25, 0.3) is 0 Å². The summed E-state index contributed by atoms with van der Waals surface area (Å²) in [6.45, 7) is 0. The fraction of sp³-hybridized carbons (Fsp3) is 0.0833. The van der Waals surface area contributed by atoms with Crippen LogP contribution in [-0.4, -0.2) is 21.0 Å². The van der Waals surface area contributed by atoms with Crippen molar-refractivity contribution in [3.05, 3.63) is 46.6 Å². The van der Waals surface area contributed by atoms with Crippen molar-refractivity contribution in [2.75, 3.05) is 0 Å². The first-order chi connectivity index (χ1) is 8.74. The molecule has 2 heterocycles. The molecule has 0 spiro atoms. The number of hydrogen-bond acceptors (Lipinski definition) is 5. The van der Waals surface area contributed by atoms with Crippen LogP contribution in [0.2, 0.25) is 0 Å². The van der Waals surface area contributed by atoms with Crippen molar-refractivity contribution in [3.8, 4) is 0 Å². The number of carboxylic acid groups (broad SMARTS) is 1. The molecule has 0 aliphatic carbocycles. The minimum Gasteiger partial charge on any atom is -0.478 e. The van der Waals surface area contributed by atoms with Gasteiger partial charge >= 0.3 is 5.97 Å². The molecule has 6 heteroatoms. The van der Waals surface area contributed by atoms with E-state index in [0.29, 0.717) is 0 Å². The average Bonchev–Trinajstić information content (AvgIpc) is 2.83. The van der Waals surface area contributed by atoms with E-state index in [4.69, 9.17) is 5.11 Å². The standard InChI is InChI=1S/C12H10N2O2S2/c15-12(16)2-1-9-5-10(17-6-9)7-18-11-3-4-13-8-14-11/h1-6,8H,7H2,(H,15,16). The van der Waals surface area contributed by atoms with Crippen LogP contribution in [0, 0.1) is 0 Å². The van der Waals surface area contributed by atoms with Crippen molar-refractivity contribution >= 4 is 35.1 Å². The Bertz CT molecular complexity index is 552. The Morgan fingerprint density at radius 1 is 1.56 bits per heavy atom. The maximum absolute atomic E-state index is 10.4. The van der Waals surface area contributed by atoms with E-state index in [1.807, 2.05) is 17.5 Å². The quantitative estimate of drug-likeness (QED) is 0.517. The second-order valence-electron chi connectivity index (χ2n) is 3.35. The molecule has 4 nitrogen and oxygen atoms in total. The lowest BCUT2D eigenvalue weighted by Crippen LogP contribution is -1.84. The molecular formula is C12H10N2O2S2. The number of carbonyl (C=O) groups is 1. The van der Waals surface area contributed by atoms with Crippen LogP contribution in [0.5, 0.6) is 0 Å². The Hall–Kier alpha value is -1.66. The first kappa shape index (κ1) is 12.8. The molecule has 0 fully saturated rings. The minimum absolute atomic E-state index is 0.822. The lowest BCUT2D eigenvalue weighted by atomic mass is 10.3. The highest BCUT2D eigenvalue weighted by atomic mass is 32.2. The van der Waals surface area contributed by atoms with E-state index in [1.165, 1.54) is 11.2 Å². The van der Waals surface area contributed by atoms with Crippen LogP contribution in [0.15, 0.2) is 41.1 Å². The molecular weight excluding hydrogens is 268 g/mol. The first-order valence-electron chi connectivity index (χ1n) is 5.11. The predicted molar refractivity (Wildman–Crippen MR) is 72.6 cm³/mol. The Morgan fingerprint density at radius 3 is 3.17 bits per heavy atom. The smallest absolute Gasteiger partial charge is 0.328 e. The SMILES string of the molecule is O=C(O)C=Cc1csc(CSc2ccncn2)c1. The molecule has 0 atom stereocenters. The van der Waals surface area contributed by atoms with Crippen LogP contribution < -0.4 is 0 Å². The van der Waals surface area contributed by atoms with Crippen molar-refractivity contribution in [2.24, 2.45) is 0 Å². The Balaban J connectivity index is 1.93. The van der Waals surface area contributed by atoms with E-state index in [9.17, 15) is 4.79 Å². The second kappa shape index (κ2) is 6.32. The van der Waals surface area contributed by atoms with E-state index in [1.54, 1.807) is 35.4 Å². The Labute approximate surface area is 112 Å². The normalized spacial score (nSPS) is 10.9. The molecule has 2 aromatic heterocycles. The fourth-order valence-corrected chi connectivity index (χ4v) is 2.98. The lowest BCUT2D eigenvalue weighted by Gasteiger charge is -1.96. The van der Waals surface area contributed by atoms with E-state index in [2.05, 4.69) is 9.97 Å².